The molecule has 1 aliphatic heterocycles. The van der Waals surface area contributed by atoms with E-state index in [9.17, 15) is 0 Å². The fourth-order valence-corrected chi connectivity index (χ4v) is 1.86. The van der Waals surface area contributed by atoms with E-state index in [1.165, 1.54) is 7.11 Å². The van der Waals surface area contributed by atoms with Crippen LogP contribution in [0.5, 0.6) is 6.01 Å². The van der Waals surface area contributed by atoms with E-state index >= 15 is 0 Å². The number of ether oxygens (including phenoxy) is 2. The Labute approximate surface area is 105 Å². The average molecular weight is 254 g/mol. The van der Waals surface area contributed by atoms with E-state index in [4.69, 9.17) is 15.3 Å². The zero-order valence-corrected chi connectivity index (χ0v) is 10.5. The topological polar surface area (TPSA) is 107 Å². The second-order valence-electron chi connectivity index (χ2n) is 4.12. The molecule has 1 aliphatic rings. The summed E-state index contributed by atoms with van der Waals surface area (Å²) < 4.78 is 10.5. The highest BCUT2D eigenvalue weighted by Crippen LogP contribution is 2.20. The molecule has 0 amide bonds. The molecule has 18 heavy (non-hydrogen) atoms. The Morgan fingerprint density at radius 2 is 2.17 bits per heavy atom. The molecule has 2 rings (SSSR count). The molecule has 0 saturated carbocycles. The summed E-state index contributed by atoms with van der Waals surface area (Å²) in [6, 6.07) is 0.219. The van der Waals surface area contributed by atoms with Crippen molar-refractivity contribution in [3.05, 3.63) is 0 Å². The van der Waals surface area contributed by atoms with Crippen LogP contribution in [0.25, 0.3) is 0 Å². The van der Waals surface area contributed by atoms with Crippen LogP contribution in [0.15, 0.2) is 0 Å². The Hall–Kier alpha value is -1.67. The molecule has 2 heterocycles. The van der Waals surface area contributed by atoms with Gasteiger partial charge in [-0.3, -0.25) is 5.43 Å². The molecule has 2 atom stereocenters. The van der Waals surface area contributed by atoms with Gasteiger partial charge in [0.2, 0.25) is 11.9 Å². The number of methoxy groups -OCH3 is 1. The molecule has 8 nitrogen and oxygen atoms in total. The van der Waals surface area contributed by atoms with Crippen LogP contribution in [0.1, 0.15) is 13.3 Å². The normalized spacial score (nSPS) is 22.8. The quantitative estimate of drug-likeness (QED) is 0.498. The van der Waals surface area contributed by atoms with Crippen LogP contribution in [0, 0.1) is 5.92 Å². The SMILES string of the molecule is COc1nc(NN)nc(NCC2CCOC2C)n1. The molecule has 0 aromatic carbocycles. The summed E-state index contributed by atoms with van der Waals surface area (Å²) in [5.74, 6) is 6.44. The highest BCUT2D eigenvalue weighted by Gasteiger charge is 2.24. The Balaban J connectivity index is 1.99. The molecule has 100 valence electrons. The van der Waals surface area contributed by atoms with Crippen molar-refractivity contribution in [3.8, 4) is 6.01 Å². The largest absolute Gasteiger partial charge is 0.467 e. The minimum atomic E-state index is 0.219. The number of hydrogen-bond acceptors (Lipinski definition) is 8. The lowest BCUT2D eigenvalue weighted by atomic mass is 10.0. The monoisotopic (exact) mass is 254 g/mol. The molecule has 2 unspecified atom stereocenters. The molecule has 4 N–H and O–H groups in total. The van der Waals surface area contributed by atoms with Gasteiger partial charge in [0, 0.05) is 19.1 Å². The van der Waals surface area contributed by atoms with Crippen LogP contribution in [-0.4, -0.2) is 41.3 Å². The Morgan fingerprint density at radius 1 is 1.39 bits per heavy atom. The number of nitrogens with two attached hydrogens (primary N) is 1. The van der Waals surface area contributed by atoms with Crippen molar-refractivity contribution in [2.24, 2.45) is 11.8 Å². The van der Waals surface area contributed by atoms with Crippen LogP contribution < -0.4 is 21.3 Å². The number of nitrogens with zero attached hydrogens (tertiary/aromatic N) is 3. The van der Waals surface area contributed by atoms with Gasteiger partial charge < -0.3 is 14.8 Å². The summed E-state index contributed by atoms with van der Waals surface area (Å²) in [5.41, 5.74) is 2.37. The zero-order chi connectivity index (χ0) is 13.0. The first-order chi connectivity index (χ1) is 8.72. The predicted octanol–water partition coefficient (Wildman–Crippen LogP) is 0.00270. The van der Waals surface area contributed by atoms with Gasteiger partial charge in [0.1, 0.15) is 0 Å². The number of anilines is 2. The third kappa shape index (κ3) is 2.96. The maximum atomic E-state index is 5.49. The van der Waals surface area contributed by atoms with Gasteiger partial charge in [0.25, 0.3) is 0 Å². The van der Waals surface area contributed by atoms with Crippen LogP contribution in [0.3, 0.4) is 0 Å². The third-order valence-electron chi connectivity index (χ3n) is 2.98. The second kappa shape index (κ2) is 5.78. The van der Waals surface area contributed by atoms with Crippen molar-refractivity contribution >= 4 is 11.9 Å². The van der Waals surface area contributed by atoms with Gasteiger partial charge in [-0.2, -0.15) is 15.0 Å². The fraction of sp³-hybridized carbons (Fsp3) is 0.700. The third-order valence-corrected chi connectivity index (χ3v) is 2.98. The summed E-state index contributed by atoms with van der Waals surface area (Å²) >= 11 is 0. The van der Waals surface area contributed by atoms with E-state index in [2.05, 4.69) is 32.6 Å². The minimum Gasteiger partial charge on any atom is -0.467 e. The first kappa shape index (κ1) is 12.8. The summed E-state index contributed by atoms with van der Waals surface area (Å²) in [6.45, 7) is 3.63. The molecular formula is C10H18N6O2. The molecule has 0 bridgehead atoms. The second-order valence-corrected chi connectivity index (χ2v) is 4.12. The maximum absolute atomic E-state index is 5.49. The van der Waals surface area contributed by atoms with Crippen molar-refractivity contribution < 1.29 is 9.47 Å². The van der Waals surface area contributed by atoms with Gasteiger partial charge in [-0.15, -0.1) is 0 Å². The highest BCUT2D eigenvalue weighted by molar-refractivity contribution is 5.34. The molecule has 0 aliphatic carbocycles. The lowest BCUT2D eigenvalue weighted by Crippen LogP contribution is -2.22. The number of hydrazine groups is 1. The summed E-state index contributed by atoms with van der Waals surface area (Å²) in [7, 11) is 1.49. The standard InChI is InChI=1S/C10H18N6O2/c1-6-7(3-4-18-6)5-12-8-13-9(16-11)15-10(14-8)17-2/h6-7H,3-5,11H2,1-2H3,(H2,12,13,14,15,16). The Morgan fingerprint density at radius 3 is 2.78 bits per heavy atom. The first-order valence-corrected chi connectivity index (χ1v) is 5.85. The van der Waals surface area contributed by atoms with Gasteiger partial charge >= 0.3 is 6.01 Å². The maximum Gasteiger partial charge on any atom is 0.322 e. The van der Waals surface area contributed by atoms with Crippen molar-refractivity contribution in [2.75, 3.05) is 31.0 Å². The number of nitrogens with one attached hydrogen (secondary N) is 2. The number of rotatable bonds is 5. The van der Waals surface area contributed by atoms with E-state index in [0.717, 1.165) is 19.6 Å². The smallest absolute Gasteiger partial charge is 0.322 e. The minimum absolute atomic E-state index is 0.219. The van der Waals surface area contributed by atoms with Gasteiger partial charge in [-0.1, -0.05) is 0 Å². The highest BCUT2D eigenvalue weighted by atomic mass is 16.5. The molecule has 0 spiro atoms. The average Bonchev–Trinajstić information content (AvgIpc) is 2.81. The molecule has 8 heteroatoms. The van der Waals surface area contributed by atoms with E-state index in [-0.39, 0.29) is 18.1 Å². The number of hydrogen-bond donors (Lipinski definition) is 3. The Bertz CT molecular complexity index is 380. The predicted molar refractivity (Wildman–Crippen MR) is 66.2 cm³/mol. The van der Waals surface area contributed by atoms with Crippen LogP contribution in [0.4, 0.5) is 11.9 Å². The van der Waals surface area contributed by atoms with Crippen molar-refractivity contribution in [1.29, 1.82) is 0 Å². The summed E-state index contributed by atoms with van der Waals surface area (Å²) in [6.07, 6.45) is 1.30. The van der Waals surface area contributed by atoms with Gasteiger partial charge in [-0.25, -0.2) is 5.84 Å². The fourth-order valence-electron chi connectivity index (χ4n) is 1.86. The lowest BCUT2D eigenvalue weighted by Gasteiger charge is -2.14. The van der Waals surface area contributed by atoms with E-state index < -0.39 is 0 Å². The van der Waals surface area contributed by atoms with Gasteiger partial charge in [-0.05, 0) is 13.3 Å². The van der Waals surface area contributed by atoms with Gasteiger partial charge in [0.05, 0.1) is 13.2 Å². The first-order valence-electron chi connectivity index (χ1n) is 5.85. The number of aromatic nitrogens is 3. The van der Waals surface area contributed by atoms with Crippen molar-refractivity contribution in [2.45, 2.75) is 19.4 Å². The van der Waals surface area contributed by atoms with Crippen LogP contribution >= 0.6 is 0 Å². The summed E-state index contributed by atoms with van der Waals surface area (Å²) in [5, 5.41) is 3.15. The van der Waals surface area contributed by atoms with Crippen molar-refractivity contribution in [3.63, 3.8) is 0 Å². The van der Waals surface area contributed by atoms with E-state index in [1.807, 2.05) is 0 Å². The van der Waals surface area contributed by atoms with E-state index in [1.54, 1.807) is 0 Å². The number of nitrogen functional groups attached to an aromatic ring is 1. The summed E-state index contributed by atoms with van der Waals surface area (Å²) in [4.78, 5) is 12.1. The zero-order valence-electron chi connectivity index (χ0n) is 10.5. The van der Waals surface area contributed by atoms with Crippen LogP contribution in [-0.2, 0) is 4.74 Å². The van der Waals surface area contributed by atoms with Crippen molar-refractivity contribution in [1.82, 2.24) is 15.0 Å². The molecular weight excluding hydrogens is 236 g/mol. The lowest BCUT2D eigenvalue weighted by molar-refractivity contribution is 0.108. The molecule has 1 aromatic heterocycles. The Kier molecular flexibility index (Phi) is 4.11. The molecule has 1 fully saturated rings. The van der Waals surface area contributed by atoms with Crippen LogP contribution in [0.2, 0.25) is 0 Å². The molecule has 1 saturated heterocycles. The molecule has 1 aromatic rings. The van der Waals surface area contributed by atoms with E-state index in [0.29, 0.717) is 11.9 Å². The molecule has 0 radical (unpaired) electrons. The van der Waals surface area contributed by atoms with Gasteiger partial charge in [0.15, 0.2) is 0 Å².